The molecule has 0 saturated heterocycles. The predicted octanol–water partition coefficient (Wildman–Crippen LogP) is 1.30. The van der Waals surface area contributed by atoms with E-state index >= 15 is 0 Å². The lowest BCUT2D eigenvalue weighted by molar-refractivity contribution is -0.139. The molecule has 0 N–H and O–H groups in total. The standard InChI is InChI=1S/C11H22O5Si/c1-9(2)11(12)15-8-6-7-10(3)16-17(13-4)14-5/h10,17H,1,6-8H2,2-5H3. The van der Waals surface area contributed by atoms with Gasteiger partial charge in [0.15, 0.2) is 0 Å². The number of carbonyl (C=O) groups is 1. The lowest BCUT2D eigenvalue weighted by Crippen LogP contribution is -2.28. The Labute approximate surface area is 105 Å². The molecule has 0 amide bonds. The van der Waals surface area contributed by atoms with Gasteiger partial charge in [-0.25, -0.2) is 4.79 Å². The highest BCUT2D eigenvalue weighted by atomic mass is 28.3. The summed E-state index contributed by atoms with van der Waals surface area (Å²) < 4.78 is 20.6. The normalized spacial score (nSPS) is 12.5. The van der Waals surface area contributed by atoms with E-state index < -0.39 is 9.53 Å². The third-order valence-corrected chi connectivity index (χ3v) is 3.52. The summed E-state index contributed by atoms with van der Waals surface area (Å²) in [6.45, 7) is 7.45. The highest BCUT2D eigenvalue weighted by Crippen LogP contribution is 2.05. The molecule has 6 heteroatoms. The van der Waals surface area contributed by atoms with Gasteiger partial charge in [0.2, 0.25) is 0 Å². The molecule has 0 aliphatic rings. The Morgan fingerprint density at radius 1 is 1.35 bits per heavy atom. The second kappa shape index (κ2) is 9.35. The second-order valence-electron chi connectivity index (χ2n) is 3.77. The molecule has 1 unspecified atom stereocenters. The van der Waals surface area contributed by atoms with E-state index in [4.69, 9.17) is 18.0 Å². The maximum atomic E-state index is 11.1. The highest BCUT2D eigenvalue weighted by molar-refractivity contribution is 6.36. The Kier molecular flexibility index (Phi) is 8.97. The van der Waals surface area contributed by atoms with Crippen LogP contribution in [0.25, 0.3) is 0 Å². The lowest BCUT2D eigenvalue weighted by atomic mass is 10.2. The number of esters is 1. The summed E-state index contributed by atoms with van der Waals surface area (Å²) >= 11 is 0. The van der Waals surface area contributed by atoms with Gasteiger partial charge in [-0.15, -0.1) is 0 Å². The molecule has 5 nitrogen and oxygen atoms in total. The van der Waals surface area contributed by atoms with Gasteiger partial charge in [-0.05, 0) is 26.7 Å². The number of rotatable bonds is 9. The molecule has 0 rings (SSSR count). The molecule has 0 fully saturated rings. The minimum absolute atomic E-state index is 0.0371. The molecule has 0 radical (unpaired) electrons. The zero-order valence-corrected chi connectivity index (χ0v) is 12.2. The zero-order chi connectivity index (χ0) is 13.3. The smallest absolute Gasteiger partial charge is 0.462 e. The Morgan fingerprint density at radius 2 is 1.94 bits per heavy atom. The van der Waals surface area contributed by atoms with Crippen LogP contribution in [0.3, 0.4) is 0 Å². The predicted molar refractivity (Wildman–Crippen MR) is 66.7 cm³/mol. The van der Waals surface area contributed by atoms with E-state index in [9.17, 15) is 4.79 Å². The van der Waals surface area contributed by atoms with Crippen molar-refractivity contribution in [2.24, 2.45) is 0 Å². The van der Waals surface area contributed by atoms with Crippen LogP contribution < -0.4 is 0 Å². The summed E-state index contributed by atoms with van der Waals surface area (Å²) in [6.07, 6.45) is 1.57. The van der Waals surface area contributed by atoms with Crippen molar-refractivity contribution in [2.75, 3.05) is 20.8 Å². The van der Waals surface area contributed by atoms with Crippen molar-refractivity contribution in [3.63, 3.8) is 0 Å². The van der Waals surface area contributed by atoms with E-state index in [2.05, 4.69) is 6.58 Å². The second-order valence-corrected chi connectivity index (χ2v) is 5.56. The van der Waals surface area contributed by atoms with Gasteiger partial charge in [0.25, 0.3) is 0 Å². The molecule has 0 heterocycles. The van der Waals surface area contributed by atoms with Crippen molar-refractivity contribution in [1.29, 1.82) is 0 Å². The van der Waals surface area contributed by atoms with Crippen LogP contribution in [0.5, 0.6) is 0 Å². The van der Waals surface area contributed by atoms with Gasteiger partial charge in [-0.3, -0.25) is 0 Å². The van der Waals surface area contributed by atoms with Gasteiger partial charge in [0, 0.05) is 25.9 Å². The summed E-state index contributed by atoms with van der Waals surface area (Å²) in [6, 6.07) is 0. The molecular weight excluding hydrogens is 240 g/mol. The molecular formula is C11H22O5Si. The number of hydrogen-bond donors (Lipinski definition) is 0. The Balaban J connectivity index is 3.61. The summed E-state index contributed by atoms with van der Waals surface area (Å²) in [5.41, 5.74) is 0.417. The Morgan fingerprint density at radius 3 is 2.41 bits per heavy atom. The SMILES string of the molecule is C=C(C)C(=O)OCCCC(C)O[SiH](OC)OC. The number of carbonyl (C=O) groups excluding carboxylic acids is 1. The van der Waals surface area contributed by atoms with Crippen LogP contribution >= 0.6 is 0 Å². The van der Waals surface area contributed by atoms with E-state index in [1.807, 2.05) is 6.92 Å². The molecule has 0 aromatic carbocycles. The maximum Gasteiger partial charge on any atom is 0.483 e. The maximum absolute atomic E-state index is 11.1. The molecule has 0 aliphatic heterocycles. The molecule has 0 aromatic heterocycles. The molecule has 0 spiro atoms. The zero-order valence-electron chi connectivity index (χ0n) is 11.0. The monoisotopic (exact) mass is 262 g/mol. The van der Waals surface area contributed by atoms with E-state index in [0.717, 1.165) is 12.8 Å². The molecule has 0 bridgehead atoms. The summed E-state index contributed by atoms with van der Waals surface area (Å²) in [7, 11) is 1.18. The van der Waals surface area contributed by atoms with Crippen molar-refractivity contribution in [2.45, 2.75) is 32.8 Å². The highest BCUT2D eigenvalue weighted by Gasteiger charge is 2.15. The lowest BCUT2D eigenvalue weighted by Gasteiger charge is -2.17. The van der Waals surface area contributed by atoms with E-state index in [0.29, 0.717) is 12.2 Å². The van der Waals surface area contributed by atoms with Crippen LogP contribution in [-0.4, -0.2) is 42.4 Å². The Hall–Kier alpha value is -0.693. The van der Waals surface area contributed by atoms with Crippen molar-refractivity contribution < 1.29 is 22.8 Å². The summed E-state index contributed by atoms with van der Waals surface area (Å²) in [5.74, 6) is -0.348. The molecule has 100 valence electrons. The van der Waals surface area contributed by atoms with Gasteiger partial charge in [-0.2, -0.15) is 0 Å². The van der Waals surface area contributed by atoms with Crippen LogP contribution in [0.4, 0.5) is 0 Å². The first-order valence-corrected chi connectivity index (χ1v) is 6.96. The first-order chi connectivity index (χ1) is 8.01. The van der Waals surface area contributed by atoms with Crippen molar-refractivity contribution in [3.05, 3.63) is 12.2 Å². The molecule has 0 saturated carbocycles. The number of hydrogen-bond acceptors (Lipinski definition) is 5. The number of ether oxygens (including phenoxy) is 1. The van der Waals surface area contributed by atoms with Gasteiger partial charge in [0.05, 0.1) is 6.61 Å². The fraction of sp³-hybridized carbons (Fsp3) is 0.727. The van der Waals surface area contributed by atoms with Crippen molar-refractivity contribution in [3.8, 4) is 0 Å². The van der Waals surface area contributed by atoms with Gasteiger partial charge in [-0.1, -0.05) is 6.58 Å². The minimum Gasteiger partial charge on any atom is -0.462 e. The van der Waals surface area contributed by atoms with E-state index in [1.54, 1.807) is 21.1 Å². The Bertz CT molecular complexity index is 240. The largest absolute Gasteiger partial charge is 0.483 e. The van der Waals surface area contributed by atoms with E-state index in [1.165, 1.54) is 0 Å². The average Bonchev–Trinajstić information content (AvgIpc) is 2.31. The van der Waals surface area contributed by atoms with E-state index in [-0.39, 0.29) is 12.1 Å². The van der Waals surface area contributed by atoms with Crippen molar-refractivity contribution >= 4 is 15.5 Å². The van der Waals surface area contributed by atoms with Crippen LogP contribution in [0.15, 0.2) is 12.2 Å². The van der Waals surface area contributed by atoms with Crippen LogP contribution in [0.2, 0.25) is 0 Å². The molecule has 0 aromatic rings. The van der Waals surface area contributed by atoms with Crippen LogP contribution in [0.1, 0.15) is 26.7 Å². The topological polar surface area (TPSA) is 54.0 Å². The summed E-state index contributed by atoms with van der Waals surface area (Å²) in [4.78, 5) is 11.1. The van der Waals surface area contributed by atoms with Crippen LogP contribution in [-0.2, 0) is 22.8 Å². The van der Waals surface area contributed by atoms with Crippen LogP contribution in [0, 0.1) is 0 Å². The van der Waals surface area contributed by atoms with Gasteiger partial charge < -0.3 is 18.0 Å². The fourth-order valence-electron chi connectivity index (χ4n) is 1.12. The third-order valence-electron chi connectivity index (χ3n) is 2.06. The minimum atomic E-state index is -1.96. The third kappa shape index (κ3) is 8.09. The molecule has 17 heavy (non-hydrogen) atoms. The molecule has 1 atom stereocenters. The van der Waals surface area contributed by atoms with Crippen molar-refractivity contribution in [1.82, 2.24) is 0 Å². The first-order valence-electron chi connectivity index (χ1n) is 5.55. The summed E-state index contributed by atoms with van der Waals surface area (Å²) in [5, 5.41) is 0. The fourth-order valence-corrected chi connectivity index (χ4v) is 2.05. The molecule has 0 aliphatic carbocycles. The average molecular weight is 262 g/mol. The first kappa shape index (κ1) is 16.3. The quantitative estimate of drug-likeness (QED) is 0.271. The van der Waals surface area contributed by atoms with Gasteiger partial charge >= 0.3 is 15.5 Å². The van der Waals surface area contributed by atoms with Gasteiger partial charge in [0.1, 0.15) is 0 Å².